The van der Waals surface area contributed by atoms with E-state index in [0.717, 1.165) is 16.8 Å². The molecule has 2 aromatic rings. The summed E-state index contributed by atoms with van der Waals surface area (Å²) in [6.45, 7) is 3.77. The highest BCUT2D eigenvalue weighted by Gasteiger charge is 2.59. The van der Waals surface area contributed by atoms with E-state index < -0.39 is 17.7 Å². The van der Waals surface area contributed by atoms with E-state index in [1.807, 2.05) is 62.4 Å². The average molecular weight is 393 g/mol. The molecule has 0 radical (unpaired) electrons. The number of ether oxygens (including phenoxy) is 1. The number of fused-ring (bicyclic) bond motifs is 6. The summed E-state index contributed by atoms with van der Waals surface area (Å²) in [6.07, 6.45) is 0. The van der Waals surface area contributed by atoms with E-state index in [-0.39, 0.29) is 11.8 Å². The van der Waals surface area contributed by atoms with Crippen molar-refractivity contribution >= 4 is 34.4 Å². The van der Waals surface area contributed by atoms with Crippen LogP contribution in [0.4, 0.5) is 5.69 Å². The van der Waals surface area contributed by atoms with E-state index in [1.54, 1.807) is 4.90 Å². The van der Waals surface area contributed by atoms with Gasteiger partial charge in [-0.3, -0.25) is 14.5 Å². The first-order valence-electron chi connectivity index (χ1n) is 9.17. The lowest BCUT2D eigenvalue weighted by atomic mass is 9.79. The van der Waals surface area contributed by atoms with Gasteiger partial charge in [-0.25, -0.2) is 4.99 Å². The standard InChI is InChI=1S/C21H19N3O3S/c1-12-7-3-5-9-14(12)22-19(26)17-18-13-8-4-6-10-15(13)27-21(17,2)23-20-24(18)16(25)11-28-20/h3-10,17-18H,11H2,1-2H3,(H,22,26)/t17-,18-,21-/m1/s1. The molecule has 0 aliphatic carbocycles. The van der Waals surface area contributed by atoms with Crippen LogP contribution in [0.3, 0.4) is 0 Å². The van der Waals surface area contributed by atoms with Gasteiger partial charge in [0, 0.05) is 11.3 Å². The number of aliphatic imine (C=N–C) groups is 1. The molecule has 7 heteroatoms. The summed E-state index contributed by atoms with van der Waals surface area (Å²) in [6, 6.07) is 14.8. The molecule has 2 aromatic carbocycles. The van der Waals surface area contributed by atoms with Crippen LogP contribution in [0, 0.1) is 12.8 Å². The molecule has 1 fully saturated rings. The van der Waals surface area contributed by atoms with Gasteiger partial charge in [-0.1, -0.05) is 48.2 Å². The molecule has 3 atom stereocenters. The van der Waals surface area contributed by atoms with Crippen LogP contribution in [0.15, 0.2) is 53.5 Å². The van der Waals surface area contributed by atoms with Gasteiger partial charge >= 0.3 is 0 Å². The Morgan fingerprint density at radius 2 is 2.00 bits per heavy atom. The second-order valence-corrected chi connectivity index (χ2v) is 8.31. The Hall–Kier alpha value is -2.80. The highest BCUT2D eigenvalue weighted by molar-refractivity contribution is 8.15. The van der Waals surface area contributed by atoms with Gasteiger partial charge in [0.15, 0.2) is 5.17 Å². The van der Waals surface area contributed by atoms with Crippen LogP contribution in [0.5, 0.6) is 5.75 Å². The fraction of sp³-hybridized carbons (Fsp3) is 0.286. The molecule has 28 heavy (non-hydrogen) atoms. The molecule has 6 nitrogen and oxygen atoms in total. The summed E-state index contributed by atoms with van der Waals surface area (Å²) in [5.74, 6) is 0.112. The summed E-state index contributed by atoms with van der Waals surface area (Å²) in [5.41, 5.74) is 1.49. The summed E-state index contributed by atoms with van der Waals surface area (Å²) in [4.78, 5) is 32.5. The Morgan fingerprint density at radius 3 is 2.82 bits per heavy atom. The molecule has 2 bridgehead atoms. The number of rotatable bonds is 2. The minimum Gasteiger partial charge on any atom is -0.465 e. The van der Waals surface area contributed by atoms with Crippen molar-refractivity contribution in [1.82, 2.24) is 4.90 Å². The zero-order valence-corrected chi connectivity index (χ0v) is 16.3. The number of nitrogens with zero attached hydrogens (tertiary/aromatic N) is 2. The third-order valence-corrected chi connectivity index (χ3v) is 6.47. The predicted octanol–water partition coefficient (Wildman–Crippen LogP) is 3.34. The van der Waals surface area contributed by atoms with E-state index in [0.29, 0.717) is 16.7 Å². The summed E-state index contributed by atoms with van der Waals surface area (Å²) in [7, 11) is 0. The molecular weight excluding hydrogens is 374 g/mol. The summed E-state index contributed by atoms with van der Waals surface area (Å²) >= 11 is 1.40. The molecular formula is C21H19N3O3S. The van der Waals surface area contributed by atoms with Gasteiger partial charge in [-0.05, 0) is 31.5 Å². The maximum Gasteiger partial charge on any atom is 0.239 e. The van der Waals surface area contributed by atoms with Crippen molar-refractivity contribution in [2.24, 2.45) is 10.9 Å². The normalized spacial score (nSPS) is 27.4. The number of hydrogen-bond acceptors (Lipinski definition) is 5. The lowest BCUT2D eigenvalue weighted by Crippen LogP contribution is -2.59. The number of carbonyl (C=O) groups excluding carboxylic acids is 2. The van der Waals surface area contributed by atoms with Gasteiger partial charge in [0.05, 0.1) is 11.8 Å². The molecule has 5 rings (SSSR count). The van der Waals surface area contributed by atoms with Crippen molar-refractivity contribution in [3.05, 3.63) is 59.7 Å². The molecule has 1 saturated heterocycles. The molecule has 0 saturated carbocycles. The maximum atomic E-state index is 13.4. The van der Waals surface area contributed by atoms with E-state index in [9.17, 15) is 9.59 Å². The van der Waals surface area contributed by atoms with Crippen LogP contribution in [-0.2, 0) is 9.59 Å². The van der Waals surface area contributed by atoms with Gasteiger partial charge in [0.2, 0.25) is 17.5 Å². The molecule has 3 heterocycles. The Labute approximate surface area is 167 Å². The number of benzene rings is 2. The second-order valence-electron chi connectivity index (χ2n) is 7.37. The minimum atomic E-state index is -1.07. The van der Waals surface area contributed by atoms with Crippen molar-refractivity contribution in [2.45, 2.75) is 25.6 Å². The van der Waals surface area contributed by atoms with Crippen LogP contribution in [0.25, 0.3) is 0 Å². The fourth-order valence-electron chi connectivity index (χ4n) is 4.19. The number of thioether (sulfide) groups is 1. The Bertz CT molecular complexity index is 1040. The highest BCUT2D eigenvalue weighted by atomic mass is 32.2. The van der Waals surface area contributed by atoms with E-state index in [1.165, 1.54) is 11.8 Å². The Balaban J connectivity index is 1.62. The number of aryl methyl sites for hydroxylation is 1. The molecule has 2 amide bonds. The van der Waals surface area contributed by atoms with Crippen LogP contribution < -0.4 is 10.1 Å². The van der Waals surface area contributed by atoms with Gasteiger partial charge < -0.3 is 10.1 Å². The minimum absolute atomic E-state index is 0.0267. The summed E-state index contributed by atoms with van der Waals surface area (Å²) < 4.78 is 6.24. The first-order valence-corrected chi connectivity index (χ1v) is 10.2. The highest BCUT2D eigenvalue weighted by Crippen LogP contribution is 2.52. The van der Waals surface area contributed by atoms with Gasteiger partial charge in [-0.2, -0.15) is 0 Å². The van der Waals surface area contributed by atoms with Crippen molar-refractivity contribution in [3.8, 4) is 5.75 Å². The number of nitrogens with one attached hydrogen (secondary N) is 1. The molecule has 0 spiro atoms. The molecule has 3 aliphatic rings. The third-order valence-electron chi connectivity index (χ3n) is 5.53. The van der Waals surface area contributed by atoms with E-state index in [2.05, 4.69) is 5.32 Å². The van der Waals surface area contributed by atoms with Crippen molar-refractivity contribution in [1.29, 1.82) is 0 Å². The van der Waals surface area contributed by atoms with Crippen LogP contribution in [-0.4, -0.2) is 33.4 Å². The van der Waals surface area contributed by atoms with Crippen molar-refractivity contribution in [3.63, 3.8) is 0 Å². The van der Waals surface area contributed by atoms with Crippen LogP contribution in [0.2, 0.25) is 0 Å². The smallest absolute Gasteiger partial charge is 0.239 e. The Kier molecular flexibility index (Phi) is 3.77. The molecule has 1 N–H and O–H groups in total. The number of carbonyl (C=O) groups is 2. The zero-order valence-electron chi connectivity index (χ0n) is 15.5. The van der Waals surface area contributed by atoms with Gasteiger partial charge in [-0.15, -0.1) is 0 Å². The van der Waals surface area contributed by atoms with Crippen LogP contribution >= 0.6 is 11.8 Å². The topological polar surface area (TPSA) is 71.0 Å². The third kappa shape index (κ3) is 2.46. The van der Waals surface area contributed by atoms with Crippen molar-refractivity contribution < 1.29 is 14.3 Å². The lowest BCUT2D eigenvalue weighted by molar-refractivity contribution is -0.139. The lowest BCUT2D eigenvalue weighted by Gasteiger charge is -2.49. The van der Waals surface area contributed by atoms with E-state index >= 15 is 0 Å². The average Bonchev–Trinajstić information content (AvgIpc) is 3.02. The number of para-hydroxylation sites is 2. The Morgan fingerprint density at radius 1 is 1.25 bits per heavy atom. The SMILES string of the molecule is Cc1ccccc1NC(=O)[C@H]1[C@H]2c3ccccc3O[C@@]1(C)N=C1SCC(=O)N12. The first-order chi connectivity index (χ1) is 13.5. The maximum absolute atomic E-state index is 13.4. The second kappa shape index (κ2) is 6.10. The van der Waals surface area contributed by atoms with E-state index in [4.69, 9.17) is 9.73 Å². The monoisotopic (exact) mass is 393 g/mol. The molecule has 0 unspecified atom stereocenters. The quantitative estimate of drug-likeness (QED) is 0.850. The number of hydrogen-bond donors (Lipinski definition) is 1. The van der Waals surface area contributed by atoms with Gasteiger partial charge in [0.25, 0.3) is 0 Å². The summed E-state index contributed by atoms with van der Waals surface area (Å²) in [5, 5.41) is 3.66. The first kappa shape index (κ1) is 17.3. The molecule has 3 aliphatic heterocycles. The fourth-order valence-corrected chi connectivity index (χ4v) is 5.18. The predicted molar refractivity (Wildman–Crippen MR) is 108 cm³/mol. The largest absolute Gasteiger partial charge is 0.465 e. The van der Waals surface area contributed by atoms with Crippen molar-refractivity contribution in [2.75, 3.05) is 11.1 Å². The number of amidine groups is 1. The molecule has 142 valence electrons. The van der Waals surface area contributed by atoms with Crippen LogP contribution in [0.1, 0.15) is 24.1 Å². The number of amides is 2. The molecule has 0 aromatic heterocycles. The number of anilines is 1. The zero-order chi connectivity index (χ0) is 19.5. The van der Waals surface area contributed by atoms with Gasteiger partial charge in [0.1, 0.15) is 11.7 Å².